The average molecular weight is 213 g/mol. The van der Waals surface area contributed by atoms with E-state index in [-0.39, 0.29) is 0 Å². The van der Waals surface area contributed by atoms with Gasteiger partial charge in [-0.1, -0.05) is 0 Å². The maximum Gasteiger partial charge on any atom is 0.171 e. The number of nitrogens with zero attached hydrogens (tertiary/aromatic N) is 3. The lowest BCUT2D eigenvalue weighted by atomic mass is 10.7. The number of aromatic nitrogens is 3. The Kier molecular flexibility index (Phi) is 1.32. The summed E-state index contributed by atoms with van der Waals surface area (Å²) in [5, 5.41) is 0. The molecule has 0 fully saturated rings. The standard InChI is InChI=1S/C6H5BrN4/c7-5-6-10-3-4(8)11(6)2-1-9-5/h1-3H,8H2. The summed E-state index contributed by atoms with van der Waals surface area (Å²) in [6.07, 6.45) is 5.03. The zero-order valence-corrected chi connectivity index (χ0v) is 7.12. The van der Waals surface area contributed by atoms with E-state index in [0.717, 1.165) is 5.65 Å². The third kappa shape index (κ3) is 0.883. The van der Waals surface area contributed by atoms with Crippen LogP contribution in [0.3, 0.4) is 0 Å². The second-order valence-electron chi connectivity index (χ2n) is 2.09. The average Bonchev–Trinajstić information content (AvgIpc) is 2.35. The molecule has 0 unspecified atom stereocenters. The number of hydrogen-bond donors (Lipinski definition) is 1. The van der Waals surface area contributed by atoms with Gasteiger partial charge in [0.1, 0.15) is 10.4 Å². The van der Waals surface area contributed by atoms with E-state index >= 15 is 0 Å². The van der Waals surface area contributed by atoms with Gasteiger partial charge in [0.25, 0.3) is 0 Å². The first-order chi connectivity index (χ1) is 5.29. The van der Waals surface area contributed by atoms with Gasteiger partial charge in [-0.05, 0) is 15.9 Å². The lowest BCUT2D eigenvalue weighted by molar-refractivity contribution is 1.11. The molecule has 0 spiro atoms. The first-order valence-corrected chi connectivity index (χ1v) is 3.81. The summed E-state index contributed by atoms with van der Waals surface area (Å²) >= 11 is 3.26. The van der Waals surface area contributed by atoms with Gasteiger partial charge >= 0.3 is 0 Å². The van der Waals surface area contributed by atoms with Crippen molar-refractivity contribution in [2.45, 2.75) is 0 Å². The van der Waals surface area contributed by atoms with Crippen molar-refractivity contribution >= 4 is 27.4 Å². The maximum atomic E-state index is 5.60. The fourth-order valence-electron chi connectivity index (χ4n) is 0.906. The summed E-state index contributed by atoms with van der Waals surface area (Å²) in [6.45, 7) is 0. The van der Waals surface area contributed by atoms with Crippen LogP contribution in [0.1, 0.15) is 0 Å². The van der Waals surface area contributed by atoms with Crippen molar-refractivity contribution in [2.75, 3.05) is 5.73 Å². The molecule has 5 heteroatoms. The highest BCUT2D eigenvalue weighted by Crippen LogP contribution is 2.15. The van der Waals surface area contributed by atoms with Crippen LogP contribution in [0.25, 0.3) is 5.65 Å². The Morgan fingerprint density at radius 2 is 2.27 bits per heavy atom. The minimum atomic E-state index is 0.614. The number of hydrogen-bond acceptors (Lipinski definition) is 3. The maximum absolute atomic E-state index is 5.60. The van der Waals surface area contributed by atoms with Gasteiger partial charge in [0.2, 0.25) is 0 Å². The normalized spacial score (nSPS) is 10.6. The van der Waals surface area contributed by atoms with E-state index in [1.54, 1.807) is 23.0 Å². The molecule has 2 heterocycles. The monoisotopic (exact) mass is 212 g/mol. The molecule has 2 aromatic heterocycles. The first-order valence-electron chi connectivity index (χ1n) is 3.02. The number of imidazole rings is 1. The number of nitrogens with two attached hydrogens (primary N) is 1. The predicted molar refractivity (Wildman–Crippen MR) is 45.1 cm³/mol. The lowest BCUT2D eigenvalue weighted by Crippen LogP contribution is -1.92. The molecule has 0 amide bonds. The van der Waals surface area contributed by atoms with Crippen LogP contribution in [0.15, 0.2) is 23.2 Å². The molecule has 0 saturated heterocycles. The summed E-state index contributed by atoms with van der Waals surface area (Å²) in [5.41, 5.74) is 6.34. The smallest absolute Gasteiger partial charge is 0.171 e. The van der Waals surface area contributed by atoms with Crippen molar-refractivity contribution in [2.24, 2.45) is 0 Å². The zero-order chi connectivity index (χ0) is 7.84. The van der Waals surface area contributed by atoms with Gasteiger partial charge in [0.05, 0.1) is 6.20 Å². The third-order valence-corrected chi connectivity index (χ3v) is 1.97. The highest BCUT2D eigenvalue weighted by atomic mass is 79.9. The molecular formula is C6H5BrN4. The number of rotatable bonds is 0. The van der Waals surface area contributed by atoms with Crippen molar-refractivity contribution < 1.29 is 0 Å². The van der Waals surface area contributed by atoms with Crippen LogP contribution in [0, 0.1) is 0 Å². The molecular weight excluding hydrogens is 208 g/mol. The molecule has 0 atom stereocenters. The van der Waals surface area contributed by atoms with Crippen LogP contribution < -0.4 is 5.73 Å². The summed E-state index contributed by atoms with van der Waals surface area (Å²) in [4.78, 5) is 8.04. The van der Waals surface area contributed by atoms with Gasteiger partial charge in [-0.3, -0.25) is 4.40 Å². The predicted octanol–water partition coefficient (Wildman–Crippen LogP) is 1.07. The Balaban J connectivity index is 2.94. The number of anilines is 1. The topological polar surface area (TPSA) is 56.2 Å². The molecule has 2 N–H and O–H groups in total. The van der Waals surface area contributed by atoms with Gasteiger partial charge in [0.15, 0.2) is 5.65 Å². The molecule has 0 aliphatic rings. The van der Waals surface area contributed by atoms with Crippen LogP contribution in [-0.2, 0) is 0 Å². The van der Waals surface area contributed by atoms with Crippen LogP contribution in [0.4, 0.5) is 5.82 Å². The lowest BCUT2D eigenvalue weighted by Gasteiger charge is -1.94. The summed E-state index contributed by atoms with van der Waals surface area (Å²) < 4.78 is 2.47. The highest BCUT2D eigenvalue weighted by molar-refractivity contribution is 9.10. The van der Waals surface area contributed by atoms with Gasteiger partial charge in [-0.2, -0.15) is 0 Å². The van der Waals surface area contributed by atoms with E-state index in [1.165, 1.54) is 0 Å². The number of fused-ring (bicyclic) bond motifs is 1. The van der Waals surface area contributed by atoms with Crippen molar-refractivity contribution in [1.29, 1.82) is 0 Å². The summed E-state index contributed by atoms with van der Waals surface area (Å²) in [6, 6.07) is 0. The molecule has 4 nitrogen and oxygen atoms in total. The van der Waals surface area contributed by atoms with E-state index in [9.17, 15) is 0 Å². The Hall–Kier alpha value is -1.10. The zero-order valence-electron chi connectivity index (χ0n) is 5.53. The Labute approximate surface area is 71.2 Å². The Morgan fingerprint density at radius 3 is 3.00 bits per heavy atom. The van der Waals surface area contributed by atoms with Gasteiger partial charge < -0.3 is 5.73 Å². The van der Waals surface area contributed by atoms with Crippen LogP contribution in [0.5, 0.6) is 0 Å². The first kappa shape index (κ1) is 6.60. The second kappa shape index (κ2) is 2.20. The van der Waals surface area contributed by atoms with Crippen molar-refractivity contribution in [1.82, 2.24) is 14.4 Å². The quantitative estimate of drug-likeness (QED) is 0.712. The molecule has 56 valence electrons. The molecule has 0 saturated carbocycles. The molecule has 0 aliphatic heterocycles. The molecule has 0 radical (unpaired) electrons. The molecule has 0 aromatic carbocycles. The fraction of sp³-hybridized carbons (Fsp3) is 0. The number of nitrogen functional groups attached to an aromatic ring is 1. The largest absolute Gasteiger partial charge is 0.383 e. The van der Waals surface area contributed by atoms with E-state index in [2.05, 4.69) is 25.9 Å². The third-order valence-electron chi connectivity index (χ3n) is 1.41. The van der Waals surface area contributed by atoms with Crippen LogP contribution >= 0.6 is 15.9 Å². The minimum Gasteiger partial charge on any atom is -0.383 e. The molecule has 2 aromatic rings. The van der Waals surface area contributed by atoms with Crippen molar-refractivity contribution in [3.63, 3.8) is 0 Å². The van der Waals surface area contributed by atoms with Gasteiger partial charge in [-0.15, -0.1) is 0 Å². The Bertz CT molecular complexity index is 394. The summed E-state index contributed by atoms with van der Waals surface area (Å²) in [5.74, 6) is 0.614. The summed E-state index contributed by atoms with van der Waals surface area (Å²) in [7, 11) is 0. The molecule has 2 rings (SSSR count). The minimum absolute atomic E-state index is 0.614. The fourth-order valence-corrected chi connectivity index (χ4v) is 1.32. The van der Waals surface area contributed by atoms with Crippen molar-refractivity contribution in [3.8, 4) is 0 Å². The van der Waals surface area contributed by atoms with E-state index in [1.807, 2.05) is 0 Å². The van der Waals surface area contributed by atoms with E-state index in [0.29, 0.717) is 10.4 Å². The molecule has 0 aliphatic carbocycles. The van der Waals surface area contributed by atoms with Crippen LogP contribution in [-0.4, -0.2) is 14.4 Å². The van der Waals surface area contributed by atoms with Crippen LogP contribution in [0.2, 0.25) is 0 Å². The molecule has 0 bridgehead atoms. The number of halogens is 1. The van der Waals surface area contributed by atoms with E-state index < -0.39 is 0 Å². The second-order valence-corrected chi connectivity index (χ2v) is 2.85. The van der Waals surface area contributed by atoms with E-state index in [4.69, 9.17) is 5.73 Å². The molecule has 11 heavy (non-hydrogen) atoms. The van der Waals surface area contributed by atoms with Gasteiger partial charge in [-0.25, -0.2) is 9.97 Å². The highest BCUT2D eigenvalue weighted by Gasteiger charge is 2.01. The SMILES string of the molecule is Nc1cnc2c(Br)nccn12. The Morgan fingerprint density at radius 1 is 1.45 bits per heavy atom. The van der Waals surface area contributed by atoms with Gasteiger partial charge in [0, 0.05) is 12.4 Å². The van der Waals surface area contributed by atoms with Crippen molar-refractivity contribution in [3.05, 3.63) is 23.2 Å².